The van der Waals surface area contributed by atoms with Crippen LogP contribution < -0.4 is 0 Å². The summed E-state index contributed by atoms with van der Waals surface area (Å²) in [4.78, 5) is 11.3. The van der Waals surface area contributed by atoms with E-state index < -0.39 is 23.0 Å². The number of carboxylic acid groups (broad SMARTS) is 1. The molecule has 1 aromatic rings. The van der Waals surface area contributed by atoms with Gasteiger partial charge in [-0.15, -0.1) is 0 Å². The van der Waals surface area contributed by atoms with Gasteiger partial charge in [0.15, 0.2) is 11.6 Å². The maximum Gasteiger partial charge on any atom is 0.309 e. The standard InChI is InChI=1S/C13H14F2O2/c14-10-5-3-4-9(11(10)15)8-13(12(16)17)6-1-2-7-13/h3-5H,1-2,6-8H2,(H,16,17). The molecule has 2 rings (SSSR count). The van der Waals surface area contributed by atoms with Crippen molar-refractivity contribution in [3.8, 4) is 0 Å². The van der Waals surface area contributed by atoms with Crippen molar-refractivity contribution < 1.29 is 18.7 Å². The Morgan fingerprint density at radius 3 is 2.53 bits per heavy atom. The van der Waals surface area contributed by atoms with Crippen molar-refractivity contribution in [2.75, 3.05) is 0 Å². The Morgan fingerprint density at radius 1 is 1.29 bits per heavy atom. The van der Waals surface area contributed by atoms with Gasteiger partial charge in [0.05, 0.1) is 5.41 Å². The van der Waals surface area contributed by atoms with E-state index in [0.29, 0.717) is 12.8 Å². The third kappa shape index (κ3) is 2.16. The topological polar surface area (TPSA) is 37.3 Å². The normalized spacial score (nSPS) is 18.2. The van der Waals surface area contributed by atoms with Crippen LogP contribution in [0.25, 0.3) is 0 Å². The van der Waals surface area contributed by atoms with Gasteiger partial charge in [-0.1, -0.05) is 25.0 Å². The van der Waals surface area contributed by atoms with E-state index >= 15 is 0 Å². The highest BCUT2D eigenvalue weighted by Crippen LogP contribution is 2.41. The lowest BCUT2D eigenvalue weighted by Gasteiger charge is -2.23. The monoisotopic (exact) mass is 240 g/mol. The first-order chi connectivity index (χ1) is 8.05. The lowest BCUT2D eigenvalue weighted by atomic mass is 9.80. The number of halogens is 2. The van der Waals surface area contributed by atoms with Crippen LogP contribution in [0.1, 0.15) is 31.2 Å². The Balaban J connectivity index is 2.30. The zero-order chi connectivity index (χ0) is 12.5. The molecule has 0 aliphatic heterocycles. The van der Waals surface area contributed by atoms with Crippen molar-refractivity contribution >= 4 is 5.97 Å². The van der Waals surface area contributed by atoms with E-state index in [0.717, 1.165) is 18.9 Å². The average molecular weight is 240 g/mol. The zero-order valence-electron chi connectivity index (χ0n) is 9.38. The third-order valence-electron chi connectivity index (χ3n) is 3.57. The first kappa shape index (κ1) is 12.0. The van der Waals surface area contributed by atoms with Crippen LogP contribution in [-0.4, -0.2) is 11.1 Å². The molecule has 0 aromatic heterocycles. The first-order valence-electron chi connectivity index (χ1n) is 5.71. The number of hydrogen-bond acceptors (Lipinski definition) is 1. The van der Waals surface area contributed by atoms with Crippen molar-refractivity contribution in [2.45, 2.75) is 32.1 Å². The summed E-state index contributed by atoms with van der Waals surface area (Å²) in [5, 5.41) is 9.27. The summed E-state index contributed by atoms with van der Waals surface area (Å²) < 4.78 is 26.6. The van der Waals surface area contributed by atoms with Gasteiger partial charge in [-0.3, -0.25) is 4.79 Å². The van der Waals surface area contributed by atoms with Crippen LogP contribution >= 0.6 is 0 Å². The van der Waals surface area contributed by atoms with E-state index in [2.05, 4.69) is 0 Å². The van der Waals surface area contributed by atoms with Gasteiger partial charge in [0.1, 0.15) is 0 Å². The van der Waals surface area contributed by atoms with E-state index in [-0.39, 0.29) is 12.0 Å². The molecule has 1 aliphatic carbocycles. The maximum absolute atomic E-state index is 13.5. The summed E-state index contributed by atoms with van der Waals surface area (Å²) in [5.41, 5.74) is -0.747. The van der Waals surface area contributed by atoms with E-state index in [1.165, 1.54) is 12.1 Å². The van der Waals surface area contributed by atoms with E-state index in [1.54, 1.807) is 0 Å². The molecular formula is C13H14F2O2. The van der Waals surface area contributed by atoms with Gasteiger partial charge >= 0.3 is 5.97 Å². The van der Waals surface area contributed by atoms with Crippen LogP contribution in [0.5, 0.6) is 0 Å². The SMILES string of the molecule is O=C(O)C1(Cc2cccc(F)c2F)CCCC1. The number of benzene rings is 1. The molecule has 17 heavy (non-hydrogen) atoms. The minimum atomic E-state index is -0.917. The quantitative estimate of drug-likeness (QED) is 0.881. The van der Waals surface area contributed by atoms with E-state index in [1.807, 2.05) is 0 Å². The van der Waals surface area contributed by atoms with E-state index in [4.69, 9.17) is 0 Å². The molecule has 1 saturated carbocycles. The van der Waals surface area contributed by atoms with Crippen LogP contribution in [0.4, 0.5) is 8.78 Å². The molecule has 0 saturated heterocycles. The van der Waals surface area contributed by atoms with Gasteiger partial charge in [0.2, 0.25) is 0 Å². The Kier molecular flexibility index (Phi) is 3.13. The highest BCUT2D eigenvalue weighted by molar-refractivity contribution is 5.75. The smallest absolute Gasteiger partial charge is 0.309 e. The minimum Gasteiger partial charge on any atom is -0.481 e. The summed E-state index contributed by atoms with van der Waals surface area (Å²) in [6.45, 7) is 0. The molecule has 2 nitrogen and oxygen atoms in total. The lowest BCUT2D eigenvalue weighted by molar-refractivity contribution is -0.148. The van der Waals surface area contributed by atoms with Crippen molar-refractivity contribution in [1.29, 1.82) is 0 Å². The van der Waals surface area contributed by atoms with Crippen LogP contribution in [-0.2, 0) is 11.2 Å². The Morgan fingerprint density at radius 2 is 1.94 bits per heavy atom. The predicted molar refractivity (Wildman–Crippen MR) is 58.6 cm³/mol. The first-order valence-corrected chi connectivity index (χ1v) is 5.71. The van der Waals surface area contributed by atoms with Crippen LogP contribution in [0.3, 0.4) is 0 Å². The maximum atomic E-state index is 13.5. The second-order valence-corrected chi connectivity index (χ2v) is 4.68. The number of carboxylic acids is 1. The Hall–Kier alpha value is -1.45. The van der Waals surface area contributed by atoms with Gasteiger partial charge in [-0.2, -0.15) is 0 Å². The highest BCUT2D eigenvalue weighted by atomic mass is 19.2. The summed E-state index contributed by atoms with van der Waals surface area (Å²) in [5.74, 6) is -2.74. The van der Waals surface area contributed by atoms with Gasteiger partial charge in [0, 0.05) is 0 Å². The molecule has 0 amide bonds. The molecule has 1 N–H and O–H groups in total. The molecule has 0 unspecified atom stereocenters. The van der Waals surface area contributed by atoms with Crippen LogP contribution in [0, 0.1) is 17.0 Å². The third-order valence-corrected chi connectivity index (χ3v) is 3.57. The summed E-state index contributed by atoms with van der Waals surface area (Å²) in [6.07, 6.45) is 2.83. The fraction of sp³-hybridized carbons (Fsp3) is 0.462. The molecule has 0 heterocycles. The van der Waals surface area contributed by atoms with E-state index in [9.17, 15) is 18.7 Å². The molecule has 0 spiro atoms. The van der Waals surface area contributed by atoms with Gasteiger partial charge < -0.3 is 5.11 Å². The van der Waals surface area contributed by atoms with Crippen molar-refractivity contribution in [3.05, 3.63) is 35.4 Å². The van der Waals surface area contributed by atoms with Gasteiger partial charge in [-0.05, 0) is 30.9 Å². The summed E-state index contributed by atoms with van der Waals surface area (Å²) in [7, 11) is 0. The molecular weight excluding hydrogens is 226 g/mol. The van der Waals surface area contributed by atoms with Crippen LogP contribution in [0.15, 0.2) is 18.2 Å². The zero-order valence-corrected chi connectivity index (χ0v) is 9.38. The largest absolute Gasteiger partial charge is 0.481 e. The molecule has 92 valence electrons. The Bertz CT molecular complexity index is 437. The summed E-state index contributed by atoms with van der Waals surface area (Å²) in [6, 6.07) is 3.92. The van der Waals surface area contributed by atoms with Crippen molar-refractivity contribution in [1.82, 2.24) is 0 Å². The summed E-state index contributed by atoms with van der Waals surface area (Å²) >= 11 is 0. The molecule has 1 fully saturated rings. The molecule has 1 aliphatic rings. The average Bonchev–Trinajstić information content (AvgIpc) is 2.75. The molecule has 0 bridgehead atoms. The molecule has 1 aromatic carbocycles. The fourth-order valence-electron chi connectivity index (χ4n) is 2.57. The van der Waals surface area contributed by atoms with Crippen molar-refractivity contribution in [2.24, 2.45) is 5.41 Å². The number of aliphatic carboxylic acids is 1. The molecule has 0 atom stereocenters. The number of hydrogen-bond donors (Lipinski definition) is 1. The van der Waals surface area contributed by atoms with Crippen molar-refractivity contribution in [3.63, 3.8) is 0 Å². The van der Waals surface area contributed by atoms with Crippen LogP contribution in [0.2, 0.25) is 0 Å². The second kappa shape index (κ2) is 4.43. The number of rotatable bonds is 3. The number of carbonyl (C=O) groups is 1. The fourth-order valence-corrected chi connectivity index (χ4v) is 2.57. The molecule has 4 heteroatoms. The molecule has 0 radical (unpaired) electrons. The van der Waals surface area contributed by atoms with Gasteiger partial charge in [-0.25, -0.2) is 8.78 Å². The minimum absolute atomic E-state index is 0.0753. The predicted octanol–water partition coefficient (Wildman–Crippen LogP) is 3.15. The van der Waals surface area contributed by atoms with Gasteiger partial charge in [0.25, 0.3) is 0 Å². The highest BCUT2D eigenvalue weighted by Gasteiger charge is 2.41. The Labute approximate surface area is 98.3 Å². The second-order valence-electron chi connectivity index (χ2n) is 4.68. The lowest BCUT2D eigenvalue weighted by Crippen LogP contribution is -2.30.